The minimum absolute atomic E-state index is 0. The monoisotopic (exact) mass is 533 g/mol. The SMILES string of the molecule is CCNC(=NCc1coc(-c2ccccc2)n1)NCCc1nc(-c2ccco2)n[nH]1.I. The highest BCUT2D eigenvalue weighted by atomic mass is 127. The number of H-pyrrole nitrogens is 1. The molecule has 10 heteroatoms. The Morgan fingerprint density at radius 1 is 1.06 bits per heavy atom. The first-order chi connectivity index (χ1) is 14.8. The number of nitrogens with one attached hydrogen (secondary N) is 3. The van der Waals surface area contributed by atoms with Crippen molar-refractivity contribution in [1.29, 1.82) is 0 Å². The van der Waals surface area contributed by atoms with Gasteiger partial charge in [0.05, 0.1) is 12.8 Å². The van der Waals surface area contributed by atoms with Crippen LogP contribution < -0.4 is 10.6 Å². The molecule has 0 aliphatic carbocycles. The van der Waals surface area contributed by atoms with Gasteiger partial charge in [0.15, 0.2) is 11.7 Å². The molecule has 4 aromatic rings. The zero-order chi connectivity index (χ0) is 20.6. The van der Waals surface area contributed by atoms with E-state index < -0.39 is 0 Å². The number of guanidine groups is 1. The third kappa shape index (κ3) is 6.17. The van der Waals surface area contributed by atoms with Crippen LogP contribution in [0, 0.1) is 0 Å². The summed E-state index contributed by atoms with van der Waals surface area (Å²) in [5, 5.41) is 13.6. The van der Waals surface area contributed by atoms with Crippen molar-refractivity contribution in [2.24, 2.45) is 4.99 Å². The molecule has 0 radical (unpaired) electrons. The quantitative estimate of drug-likeness (QED) is 0.180. The van der Waals surface area contributed by atoms with E-state index in [2.05, 4.69) is 35.8 Å². The molecular weight excluding hydrogens is 509 g/mol. The van der Waals surface area contributed by atoms with E-state index in [0.29, 0.717) is 42.9 Å². The summed E-state index contributed by atoms with van der Waals surface area (Å²) in [7, 11) is 0. The molecule has 3 N–H and O–H groups in total. The lowest BCUT2D eigenvalue weighted by atomic mass is 10.2. The summed E-state index contributed by atoms with van der Waals surface area (Å²) in [4.78, 5) is 13.5. The number of aromatic nitrogens is 4. The van der Waals surface area contributed by atoms with Crippen molar-refractivity contribution in [2.45, 2.75) is 19.9 Å². The number of aromatic amines is 1. The fourth-order valence-corrected chi connectivity index (χ4v) is 2.82. The highest BCUT2D eigenvalue weighted by Gasteiger charge is 2.09. The van der Waals surface area contributed by atoms with Gasteiger partial charge < -0.3 is 19.5 Å². The lowest BCUT2D eigenvalue weighted by molar-refractivity contribution is 0.572. The highest BCUT2D eigenvalue weighted by Crippen LogP contribution is 2.18. The molecule has 0 saturated carbocycles. The van der Waals surface area contributed by atoms with Gasteiger partial charge in [-0.25, -0.2) is 15.0 Å². The largest absolute Gasteiger partial charge is 0.461 e. The van der Waals surface area contributed by atoms with Crippen LogP contribution in [0.1, 0.15) is 18.4 Å². The first-order valence-corrected chi connectivity index (χ1v) is 9.79. The van der Waals surface area contributed by atoms with E-state index in [1.165, 1.54) is 0 Å². The average Bonchev–Trinajstić information content (AvgIpc) is 3.54. The van der Waals surface area contributed by atoms with E-state index in [-0.39, 0.29) is 24.0 Å². The molecule has 0 saturated heterocycles. The topological polar surface area (TPSA) is 117 Å². The molecule has 1 aromatic carbocycles. The third-order valence-electron chi connectivity index (χ3n) is 4.24. The van der Waals surface area contributed by atoms with Gasteiger partial charge in [-0.3, -0.25) is 5.10 Å². The van der Waals surface area contributed by atoms with E-state index >= 15 is 0 Å². The second-order valence-corrected chi connectivity index (χ2v) is 6.46. The first kappa shape index (κ1) is 22.5. The van der Waals surface area contributed by atoms with Crippen molar-refractivity contribution in [3.8, 4) is 23.0 Å². The minimum Gasteiger partial charge on any atom is -0.461 e. The summed E-state index contributed by atoms with van der Waals surface area (Å²) in [5.41, 5.74) is 1.71. The fourth-order valence-electron chi connectivity index (χ4n) is 2.82. The number of oxazole rings is 1. The van der Waals surface area contributed by atoms with Gasteiger partial charge in [-0.2, -0.15) is 5.10 Å². The zero-order valence-corrected chi connectivity index (χ0v) is 19.4. The van der Waals surface area contributed by atoms with Crippen LogP contribution in [-0.4, -0.2) is 39.2 Å². The second kappa shape index (κ2) is 11.3. The number of nitrogens with zero attached hydrogens (tertiary/aromatic N) is 4. The smallest absolute Gasteiger partial charge is 0.226 e. The molecule has 0 aliphatic rings. The Hall–Kier alpha value is -3.15. The van der Waals surface area contributed by atoms with E-state index in [4.69, 9.17) is 8.83 Å². The van der Waals surface area contributed by atoms with Gasteiger partial charge in [-0.1, -0.05) is 18.2 Å². The lowest BCUT2D eigenvalue weighted by Crippen LogP contribution is -2.38. The predicted octanol–water partition coefficient (Wildman–Crippen LogP) is 3.64. The van der Waals surface area contributed by atoms with Crippen molar-refractivity contribution in [1.82, 2.24) is 30.8 Å². The van der Waals surface area contributed by atoms with Gasteiger partial charge in [0, 0.05) is 25.1 Å². The number of furan rings is 1. The molecule has 0 bridgehead atoms. The molecule has 3 aromatic heterocycles. The van der Waals surface area contributed by atoms with Gasteiger partial charge in [0.2, 0.25) is 11.7 Å². The summed E-state index contributed by atoms with van der Waals surface area (Å²) >= 11 is 0. The van der Waals surface area contributed by atoms with Crippen molar-refractivity contribution in [3.63, 3.8) is 0 Å². The van der Waals surface area contributed by atoms with Crippen molar-refractivity contribution >= 4 is 29.9 Å². The van der Waals surface area contributed by atoms with Gasteiger partial charge >= 0.3 is 0 Å². The molecule has 0 spiro atoms. The van der Waals surface area contributed by atoms with Crippen LogP contribution in [0.4, 0.5) is 0 Å². The molecule has 0 unspecified atom stereocenters. The van der Waals surface area contributed by atoms with E-state index in [9.17, 15) is 0 Å². The molecule has 9 nitrogen and oxygen atoms in total. The predicted molar refractivity (Wildman–Crippen MR) is 128 cm³/mol. The normalized spacial score (nSPS) is 11.2. The van der Waals surface area contributed by atoms with Gasteiger partial charge in [-0.05, 0) is 31.2 Å². The molecule has 4 rings (SSSR count). The Morgan fingerprint density at radius 2 is 1.94 bits per heavy atom. The Bertz CT molecular complexity index is 1070. The molecule has 31 heavy (non-hydrogen) atoms. The lowest BCUT2D eigenvalue weighted by Gasteiger charge is -2.09. The molecular formula is C21H24IN7O2. The van der Waals surface area contributed by atoms with Crippen molar-refractivity contribution in [2.75, 3.05) is 13.1 Å². The molecule has 0 atom stereocenters. The maximum Gasteiger partial charge on any atom is 0.226 e. The van der Waals surface area contributed by atoms with Gasteiger partial charge in [0.1, 0.15) is 17.8 Å². The zero-order valence-electron chi connectivity index (χ0n) is 17.0. The van der Waals surface area contributed by atoms with Crippen molar-refractivity contribution in [3.05, 3.63) is 66.5 Å². The van der Waals surface area contributed by atoms with Crippen LogP contribution in [0.15, 0.2) is 68.8 Å². The maximum atomic E-state index is 5.57. The maximum absolute atomic E-state index is 5.57. The number of benzene rings is 1. The minimum atomic E-state index is 0. The molecule has 0 amide bonds. The summed E-state index contributed by atoms with van der Waals surface area (Å²) in [6.45, 7) is 3.83. The van der Waals surface area contributed by atoms with Crippen LogP contribution in [0.5, 0.6) is 0 Å². The molecule has 0 fully saturated rings. The summed E-state index contributed by atoms with van der Waals surface area (Å²) in [6.07, 6.45) is 3.91. The van der Waals surface area contributed by atoms with Crippen LogP contribution >= 0.6 is 24.0 Å². The number of hydrogen-bond acceptors (Lipinski definition) is 6. The summed E-state index contributed by atoms with van der Waals surface area (Å²) in [6, 6.07) is 13.4. The van der Waals surface area contributed by atoms with E-state index in [1.54, 1.807) is 12.5 Å². The number of rotatable bonds is 8. The number of aliphatic imine (C=N–C) groups is 1. The highest BCUT2D eigenvalue weighted by molar-refractivity contribution is 14.0. The van der Waals surface area contributed by atoms with Crippen LogP contribution in [0.25, 0.3) is 23.0 Å². The second-order valence-electron chi connectivity index (χ2n) is 6.46. The summed E-state index contributed by atoms with van der Waals surface area (Å²) in [5.74, 6) is 3.26. The third-order valence-corrected chi connectivity index (χ3v) is 4.24. The Kier molecular flexibility index (Phi) is 8.21. The van der Waals surface area contributed by atoms with E-state index in [0.717, 1.165) is 23.6 Å². The molecule has 3 heterocycles. The van der Waals surface area contributed by atoms with Gasteiger partial charge in [0.25, 0.3) is 0 Å². The van der Waals surface area contributed by atoms with Crippen LogP contribution in [-0.2, 0) is 13.0 Å². The van der Waals surface area contributed by atoms with Gasteiger partial charge in [-0.15, -0.1) is 24.0 Å². The van der Waals surface area contributed by atoms with Crippen LogP contribution in [0.2, 0.25) is 0 Å². The Balaban J connectivity index is 0.00000272. The summed E-state index contributed by atoms with van der Waals surface area (Å²) < 4.78 is 10.9. The standard InChI is InChI=1S/C21H23N7O2.HI/c1-2-22-21(23-11-10-18-26-19(28-27-18)17-9-6-12-29-17)24-13-16-14-30-20(25-16)15-7-4-3-5-8-15;/h3-9,12,14H,2,10-11,13H2,1H3,(H2,22,23,24)(H,26,27,28);1H. The molecule has 0 aliphatic heterocycles. The van der Waals surface area contributed by atoms with Crippen molar-refractivity contribution < 1.29 is 8.83 Å². The Morgan fingerprint density at radius 3 is 2.71 bits per heavy atom. The first-order valence-electron chi connectivity index (χ1n) is 9.79. The van der Waals surface area contributed by atoms with Crippen LogP contribution in [0.3, 0.4) is 0 Å². The molecule has 162 valence electrons. The fraction of sp³-hybridized carbons (Fsp3) is 0.238. The average molecular weight is 533 g/mol. The number of hydrogen-bond donors (Lipinski definition) is 3. The van der Waals surface area contributed by atoms with E-state index in [1.807, 2.05) is 49.4 Å². The Labute approximate surface area is 196 Å². The number of halogens is 1.